The fourth-order valence-electron chi connectivity index (χ4n) is 0.670. The van der Waals surface area contributed by atoms with Crippen LogP contribution < -0.4 is 0 Å². The van der Waals surface area contributed by atoms with E-state index in [4.69, 9.17) is 6.58 Å². The molecule has 0 unspecified atom stereocenters. The molecule has 0 atom stereocenters. The van der Waals surface area contributed by atoms with Crippen LogP contribution in [0.2, 0.25) is 0 Å². The maximum Gasteiger partial charge on any atom is 0.0921 e. The van der Waals surface area contributed by atoms with Gasteiger partial charge in [-0.05, 0) is 0 Å². The van der Waals surface area contributed by atoms with Crippen LogP contribution in [0, 0.1) is 6.58 Å². The van der Waals surface area contributed by atoms with E-state index in [1.807, 2.05) is 6.08 Å². The highest BCUT2D eigenvalue weighted by molar-refractivity contribution is 5.05. The van der Waals surface area contributed by atoms with Crippen molar-refractivity contribution < 1.29 is 0 Å². The van der Waals surface area contributed by atoms with Gasteiger partial charge in [0.2, 0.25) is 0 Å². The van der Waals surface area contributed by atoms with Gasteiger partial charge in [-0.25, -0.2) is 4.98 Å². The Morgan fingerprint density at radius 1 is 1.70 bits per heavy atom. The van der Waals surface area contributed by atoms with Crippen LogP contribution in [0.5, 0.6) is 0 Å². The van der Waals surface area contributed by atoms with Crippen LogP contribution in [0.1, 0.15) is 5.69 Å². The van der Waals surface area contributed by atoms with Gasteiger partial charge in [0.15, 0.2) is 0 Å². The van der Waals surface area contributed by atoms with Gasteiger partial charge in [-0.2, -0.15) is 0 Å². The fourth-order valence-corrected chi connectivity index (χ4v) is 0.670. The Balaban J connectivity index is 2.41. The Hall–Kier alpha value is -1.31. The molecule has 1 aromatic rings. The van der Waals surface area contributed by atoms with E-state index in [0.717, 1.165) is 12.1 Å². The van der Waals surface area contributed by atoms with E-state index >= 15 is 0 Å². The van der Waals surface area contributed by atoms with Gasteiger partial charge in [0.1, 0.15) is 0 Å². The summed E-state index contributed by atoms with van der Waals surface area (Å²) in [5.74, 6) is 0. The van der Waals surface area contributed by atoms with Crippen LogP contribution in [-0.4, -0.2) is 9.97 Å². The minimum Gasteiger partial charge on any atom is -0.348 e. The molecule has 0 saturated heterocycles. The van der Waals surface area contributed by atoms with Gasteiger partial charge >= 0.3 is 0 Å². The van der Waals surface area contributed by atoms with E-state index in [-0.39, 0.29) is 0 Å². The fraction of sp³-hybridized carbons (Fsp3) is 0.125. The lowest BCUT2D eigenvalue weighted by atomic mass is 10.3. The maximum atomic E-state index is 5.13. The highest BCUT2D eigenvalue weighted by Crippen LogP contribution is 1.92. The van der Waals surface area contributed by atoms with Gasteiger partial charge < -0.3 is 4.98 Å². The van der Waals surface area contributed by atoms with E-state index in [0.29, 0.717) is 0 Å². The molecule has 2 heteroatoms. The lowest BCUT2D eigenvalue weighted by Gasteiger charge is -1.84. The third-order valence-corrected chi connectivity index (χ3v) is 1.14. The summed E-state index contributed by atoms with van der Waals surface area (Å²) in [5, 5.41) is 0. The van der Waals surface area contributed by atoms with Gasteiger partial charge in [0, 0.05) is 18.3 Å². The summed E-state index contributed by atoms with van der Waals surface area (Å²) in [6, 6.07) is 0. The second-order valence-electron chi connectivity index (χ2n) is 1.90. The molecule has 0 saturated carbocycles. The van der Waals surface area contributed by atoms with Crippen molar-refractivity contribution in [2.75, 3.05) is 0 Å². The molecule has 1 radical (unpaired) electrons. The molecular weight excluding hydrogens is 124 g/mol. The molecule has 2 nitrogen and oxygen atoms in total. The number of nitrogens with one attached hydrogen (secondary N) is 1. The van der Waals surface area contributed by atoms with Gasteiger partial charge in [-0.1, -0.05) is 24.8 Å². The van der Waals surface area contributed by atoms with E-state index in [1.54, 1.807) is 18.6 Å². The molecule has 0 spiro atoms. The van der Waals surface area contributed by atoms with Crippen molar-refractivity contribution in [1.29, 1.82) is 0 Å². The molecule has 0 aliphatic carbocycles. The van der Waals surface area contributed by atoms with Crippen LogP contribution in [0.4, 0.5) is 0 Å². The van der Waals surface area contributed by atoms with Crippen molar-refractivity contribution in [2.45, 2.75) is 6.42 Å². The van der Waals surface area contributed by atoms with Gasteiger partial charge in [-0.3, -0.25) is 0 Å². The van der Waals surface area contributed by atoms with E-state index in [1.165, 1.54) is 6.08 Å². The number of H-pyrrole nitrogens is 1. The second-order valence-corrected chi connectivity index (χ2v) is 1.90. The summed E-state index contributed by atoms with van der Waals surface area (Å²) in [7, 11) is 0. The number of nitrogens with zero attached hydrogens (tertiary/aromatic N) is 1. The van der Waals surface area contributed by atoms with Crippen molar-refractivity contribution in [3.05, 3.63) is 43.0 Å². The molecule has 1 N–H and O–H groups in total. The highest BCUT2D eigenvalue weighted by atomic mass is 14.8. The summed E-state index contributed by atoms with van der Waals surface area (Å²) in [5.41, 5.74) is 1.10. The minimum atomic E-state index is 0.855. The lowest BCUT2D eigenvalue weighted by molar-refractivity contribution is 1.15. The zero-order valence-electron chi connectivity index (χ0n) is 5.62. The van der Waals surface area contributed by atoms with Crippen LogP contribution in [0.25, 0.3) is 0 Å². The van der Waals surface area contributed by atoms with Crippen molar-refractivity contribution in [1.82, 2.24) is 9.97 Å². The number of hydrogen-bond acceptors (Lipinski definition) is 1. The first-order valence-corrected chi connectivity index (χ1v) is 3.11. The first-order valence-electron chi connectivity index (χ1n) is 3.11. The number of rotatable bonds is 3. The van der Waals surface area contributed by atoms with Crippen molar-refractivity contribution in [3.8, 4) is 0 Å². The van der Waals surface area contributed by atoms with Crippen LogP contribution in [-0.2, 0) is 6.42 Å². The molecule has 1 aromatic heterocycles. The molecule has 1 rings (SSSR count). The van der Waals surface area contributed by atoms with Crippen molar-refractivity contribution in [3.63, 3.8) is 0 Å². The van der Waals surface area contributed by atoms with Crippen LogP contribution in [0.15, 0.2) is 30.8 Å². The molecule has 0 bridgehead atoms. The zero-order chi connectivity index (χ0) is 7.23. The van der Waals surface area contributed by atoms with Crippen molar-refractivity contribution >= 4 is 0 Å². The summed E-state index contributed by atoms with van der Waals surface area (Å²) in [6.07, 6.45) is 9.59. The molecule has 1 heterocycles. The Morgan fingerprint density at radius 3 is 3.20 bits per heavy atom. The summed E-state index contributed by atoms with van der Waals surface area (Å²) in [4.78, 5) is 6.85. The number of imidazole rings is 1. The average molecular weight is 133 g/mol. The molecule has 0 amide bonds. The van der Waals surface area contributed by atoms with Crippen LogP contribution in [0.3, 0.4) is 0 Å². The summed E-state index contributed by atoms with van der Waals surface area (Å²) < 4.78 is 0. The molecule has 0 aliphatic heterocycles. The molecule has 10 heavy (non-hydrogen) atoms. The zero-order valence-corrected chi connectivity index (χ0v) is 5.62. The normalized spacial score (nSPS) is 10.4. The Bertz CT molecular complexity index is 209. The Kier molecular flexibility index (Phi) is 2.49. The molecular formula is C8H9N2. The third-order valence-electron chi connectivity index (χ3n) is 1.14. The molecule has 0 aromatic carbocycles. The highest BCUT2D eigenvalue weighted by Gasteiger charge is 1.85. The van der Waals surface area contributed by atoms with E-state index in [2.05, 4.69) is 9.97 Å². The number of hydrogen-bond donors (Lipinski definition) is 1. The lowest BCUT2D eigenvalue weighted by Crippen LogP contribution is -1.77. The van der Waals surface area contributed by atoms with E-state index in [9.17, 15) is 0 Å². The number of allylic oxidation sites excluding steroid dienone is 3. The van der Waals surface area contributed by atoms with Gasteiger partial charge in [0.05, 0.1) is 6.33 Å². The first-order chi connectivity index (χ1) is 4.93. The third kappa shape index (κ3) is 1.90. The van der Waals surface area contributed by atoms with Gasteiger partial charge in [-0.15, -0.1) is 0 Å². The number of aromatic nitrogens is 2. The van der Waals surface area contributed by atoms with Crippen molar-refractivity contribution in [2.24, 2.45) is 0 Å². The Morgan fingerprint density at radius 2 is 2.60 bits per heavy atom. The van der Waals surface area contributed by atoms with Crippen LogP contribution >= 0.6 is 0 Å². The molecule has 51 valence electrons. The smallest absolute Gasteiger partial charge is 0.0921 e. The monoisotopic (exact) mass is 133 g/mol. The van der Waals surface area contributed by atoms with Gasteiger partial charge in [0.25, 0.3) is 0 Å². The summed E-state index contributed by atoms with van der Waals surface area (Å²) >= 11 is 0. The average Bonchev–Trinajstić information content (AvgIpc) is 2.41. The molecule has 0 fully saturated rings. The SMILES string of the molecule is [CH]=CC=CCc1cnc[nH]1. The largest absolute Gasteiger partial charge is 0.348 e. The predicted octanol–water partition coefficient (Wildman–Crippen LogP) is 1.50. The molecule has 0 aliphatic rings. The number of aromatic amines is 1. The topological polar surface area (TPSA) is 28.7 Å². The second kappa shape index (κ2) is 3.67. The maximum absolute atomic E-state index is 5.13. The van der Waals surface area contributed by atoms with E-state index < -0.39 is 0 Å². The Labute approximate surface area is 60.3 Å². The predicted molar refractivity (Wildman–Crippen MR) is 40.3 cm³/mol. The standard InChI is InChI=1S/C8H9N2/c1-2-3-4-5-8-6-9-7-10-8/h1-4,6-7H,5H2,(H,9,10). The quantitative estimate of drug-likeness (QED) is 0.622. The minimum absolute atomic E-state index is 0.855. The first kappa shape index (κ1) is 6.81. The summed E-state index contributed by atoms with van der Waals surface area (Å²) in [6.45, 7) is 5.13.